The van der Waals surface area contributed by atoms with E-state index in [1.165, 1.54) is 18.7 Å². The van der Waals surface area contributed by atoms with E-state index in [1.54, 1.807) is 18.3 Å². The second kappa shape index (κ2) is 14.4. The number of carboxylic acids is 2. The van der Waals surface area contributed by atoms with Crippen molar-refractivity contribution >= 4 is 52.3 Å². The van der Waals surface area contributed by atoms with Gasteiger partial charge >= 0.3 is 11.9 Å². The third-order valence-electron chi connectivity index (χ3n) is 5.76. The quantitative estimate of drug-likeness (QED) is 0.137. The van der Waals surface area contributed by atoms with Gasteiger partial charge in [-0.1, -0.05) is 18.2 Å². The standard InChI is InChI=1S/C24H33N5O8S/c1-12(30)20(29-22(34)17(10-19(31)32)27-21(33)15(25)7-8-38-2)23(35)28-18(24(36)37)9-13-11-26-16-6-4-3-5-14(13)16/h3-6,11-12,15,17-18,20,26,30H,7-10,25H2,1-2H3,(H,27,33)(H,28,35)(H,29,34)(H,31,32)(H,36,37). The molecule has 0 fully saturated rings. The van der Waals surface area contributed by atoms with Crippen molar-refractivity contribution in [3.63, 3.8) is 0 Å². The summed E-state index contributed by atoms with van der Waals surface area (Å²) in [6, 6.07) is 1.61. The fraction of sp³-hybridized carbons (Fsp3) is 0.458. The highest BCUT2D eigenvalue weighted by molar-refractivity contribution is 7.98. The van der Waals surface area contributed by atoms with Gasteiger partial charge in [0, 0.05) is 23.5 Å². The number of nitrogens with one attached hydrogen (secondary N) is 4. The lowest BCUT2D eigenvalue weighted by molar-refractivity contribution is -0.144. The average Bonchev–Trinajstić information content (AvgIpc) is 3.26. The Morgan fingerprint density at radius 1 is 1.00 bits per heavy atom. The van der Waals surface area contributed by atoms with Gasteiger partial charge < -0.3 is 42.0 Å². The largest absolute Gasteiger partial charge is 0.481 e. The number of carbonyl (C=O) groups is 5. The molecule has 0 saturated carbocycles. The number of benzene rings is 1. The van der Waals surface area contributed by atoms with E-state index in [4.69, 9.17) is 5.73 Å². The maximum atomic E-state index is 12.9. The van der Waals surface area contributed by atoms with E-state index in [0.29, 0.717) is 17.7 Å². The molecule has 208 valence electrons. The molecule has 38 heavy (non-hydrogen) atoms. The third-order valence-corrected chi connectivity index (χ3v) is 6.40. The molecule has 1 heterocycles. The normalized spacial score (nSPS) is 15.1. The number of amides is 3. The van der Waals surface area contributed by atoms with E-state index in [1.807, 2.05) is 18.4 Å². The van der Waals surface area contributed by atoms with Gasteiger partial charge in [-0.15, -0.1) is 0 Å². The van der Waals surface area contributed by atoms with Crippen LogP contribution in [0.1, 0.15) is 25.3 Å². The zero-order valence-corrected chi connectivity index (χ0v) is 21.8. The third kappa shape index (κ3) is 8.75. The summed E-state index contributed by atoms with van der Waals surface area (Å²) in [7, 11) is 0. The Labute approximate surface area is 222 Å². The van der Waals surface area contributed by atoms with Gasteiger partial charge in [-0.25, -0.2) is 4.79 Å². The second-order valence-electron chi connectivity index (χ2n) is 8.74. The Morgan fingerprint density at radius 3 is 2.26 bits per heavy atom. The zero-order valence-electron chi connectivity index (χ0n) is 21.0. The van der Waals surface area contributed by atoms with E-state index in [0.717, 1.165) is 10.9 Å². The minimum absolute atomic E-state index is 0.0861. The number of nitrogens with two attached hydrogens (primary N) is 1. The highest BCUT2D eigenvalue weighted by Crippen LogP contribution is 2.19. The lowest BCUT2D eigenvalue weighted by Gasteiger charge is -2.26. The summed E-state index contributed by atoms with van der Waals surface area (Å²) in [6.07, 6.45) is 1.37. The summed E-state index contributed by atoms with van der Waals surface area (Å²) in [5.74, 6) is -4.97. The van der Waals surface area contributed by atoms with Crippen LogP contribution in [0.15, 0.2) is 30.5 Å². The molecular weight excluding hydrogens is 518 g/mol. The Bertz CT molecular complexity index is 1150. The van der Waals surface area contributed by atoms with E-state index in [9.17, 15) is 39.3 Å². The van der Waals surface area contributed by atoms with Crippen LogP contribution in [0.3, 0.4) is 0 Å². The molecule has 14 heteroatoms. The number of hydrogen-bond donors (Lipinski definition) is 8. The minimum atomic E-state index is -1.63. The van der Waals surface area contributed by atoms with Crippen molar-refractivity contribution in [1.29, 1.82) is 0 Å². The van der Waals surface area contributed by atoms with Crippen LogP contribution in [-0.2, 0) is 30.4 Å². The number of aliphatic hydroxyl groups is 1. The van der Waals surface area contributed by atoms with E-state index in [2.05, 4.69) is 20.9 Å². The van der Waals surface area contributed by atoms with Crippen LogP contribution in [0.4, 0.5) is 0 Å². The smallest absolute Gasteiger partial charge is 0.326 e. The zero-order chi connectivity index (χ0) is 28.4. The fourth-order valence-electron chi connectivity index (χ4n) is 3.68. The first-order valence-electron chi connectivity index (χ1n) is 11.8. The Balaban J connectivity index is 2.14. The number of aromatic amines is 1. The summed E-state index contributed by atoms with van der Waals surface area (Å²) in [4.78, 5) is 64.3. The first-order chi connectivity index (χ1) is 17.9. The molecule has 0 radical (unpaired) electrons. The van der Waals surface area contributed by atoms with Crippen LogP contribution >= 0.6 is 11.8 Å². The number of hydrogen-bond acceptors (Lipinski definition) is 8. The average molecular weight is 552 g/mol. The van der Waals surface area contributed by atoms with Crippen LogP contribution in [0, 0.1) is 0 Å². The number of thioether (sulfide) groups is 1. The molecule has 0 spiro atoms. The minimum Gasteiger partial charge on any atom is -0.481 e. The second-order valence-corrected chi connectivity index (χ2v) is 9.72. The maximum absolute atomic E-state index is 12.9. The van der Waals surface area contributed by atoms with E-state index >= 15 is 0 Å². The van der Waals surface area contributed by atoms with Crippen molar-refractivity contribution < 1.29 is 39.3 Å². The Morgan fingerprint density at radius 2 is 1.66 bits per heavy atom. The highest BCUT2D eigenvalue weighted by Gasteiger charge is 2.33. The number of fused-ring (bicyclic) bond motifs is 1. The number of carbonyl (C=O) groups excluding carboxylic acids is 3. The van der Waals surface area contributed by atoms with Crippen molar-refractivity contribution in [2.24, 2.45) is 5.73 Å². The predicted molar refractivity (Wildman–Crippen MR) is 140 cm³/mol. The van der Waals surface area contributed by atoms with Crippen molar-refractivity contribution in [2.45, 2.75) is 56.5 Å². The molecule has 2 aromatic rings. The SMILES string of the molecule is CSCCC(N)C(=O)NC(CC(=O)O)C(=O)NC(C(=O)NC(Cc1c[nH]c2ccccc12)C(=O)O)C(C)O. The fourth-order valence-corrected chi connectivity index (χ4v) is 4.17. The number of carboxylic acid groups (broad SMARTS) is 2. The first-order valence-corrected chi connectivity index (χ1v) is 13.2. The lowest BCUT2D eigenvalue weighted by Crippen LogP contribution is -2.60. The summed E-state index contributed by atoms with van der Waals surface area (Å²) >= 11 is 1.46. The van der Waals surface area contributed by atoms with Crippen molar-refractivity contribution in [1.82, 2.24) is 20.9 Å². The van der Waals surface area contributed by atoms with Crippen LogP contribution < -0.4 is 21.7 Å². The Hall–Kier alpha value is -3.62. The van der Waals surface area contributed by atoms with E-state index < -0.39 is 66.4 Å². The molecule has 5 atom stereocenters. The van der Waals surface area contributed by atoms with Gasteiger partial charge in [-0.3, -0.25) is 19.2 Å². The van der Waals surface area contributed by atoms with Gasteiger partial charge in [0.25, 0.3) is 0 Å². The number of aliphatic carboxylic acids is 2. The van der Waals surface area contributed by atoms with Gasteiger partial charge in [0.15, 0.2) is 0 Å². The van der Waals surface area contributed by atoms with Gasteiger partial charge in [-0.05, 0) is 37.0 Å². The molecule has 0 aliphatic heterocycles. The summed E-state index contributed by atoms with van der Waals surface area (Å²) < 4.78 is 0. The van der Waals surface area contributed by atoms with Gasteiger partial charge in [0.2, 0.25) is 17.7 Å². The molecular formula is C24H33N5O8S. The van der Waals surface area contributed by atoms with Crippen LogP contribution in [0.5, 0.6) is 0 Å². The molecule has 0 saturated heterocycles. The molecule has 0 bridgehead atoms. The molecule has 1 aromatic heterocycles. The lowest BCUT2D eigenvalue weighted by atomic mass is 10.0. The van der Waals surface area contributed by atoms with Crippen molar-refractivity contribution in [3.8, 4) is 0 Å². The molecule has 5 unspecified atom stereocenters. The van der Waals surface area contributed by atoms with Crippen LogP contribution in [-0.4, -0.2) is 92.2 Å². The molecule has 9 N–H and O–H groups in total. The van der Waals surface area contributed by atoms with Gasteiger partial charge in [0.1, 0.15) is 18.1 Å². The molecule has 1 aromatic carbocycles. The number of aromatic nitrogens is 1. The summed E-state index contributed by atoms with van der Waals surface area (Å²) in [5.41, 5.74) is 7.20. The monoisotopic (exact) mass is 551 g/mol. The molecule has 2 rings (SSSR count). The highest BCUT2D eigenvalue weighted by atomic mass is 32.2. The van der Waals surface area contributed by atoms with Crippen LogP contribution in [0.2, 0.25) is 0 Å². The molecule has 13 nitrogen and oxygen atoms in total. The molecule has 0 aliphatic rings. The predicted octanol–water partition coefficient (Wildman–Crippen LogP) is -0.815. The number of H-pyrrole nitrogens is 1. The molecule has 0 aliphatic carbocycles. The van der Waals surface area contributed by atoms with E-state index in [-0.39, 0.29) is 6.42 Å². The van der Waals surface area contributed by atoms with Crippen molar-refractivity contribution in [3.05, 3.63) is 36.0 Å². The van der Waals surface area contributed by atoms with Crippen molar-refractivity contribution in [2.75, 3.05) is 12.0 Å². The van der Waals surface area contributed by atoms with Crippen LogP contribution in [0.25, 0.3) is 10.9 Å². The topological polar surface area (TPSA) is 224 Å². The van der Waals surface area contributed by atoms with Gasteiger partial charge in [0.05, 0.1) is 18.6 Å². The number of rotatable bonds is 15. The maximum Gasteiger partial charge on any atom is 0.326 e. The Kier molecular flexibility index (Phi) is 11.6. The number of para-hydroxylation sites is 1. The molecule has 3 amide bonds. The summed E-state index contributed by atoms with van der Waals surface area (Å²) in [5, 5.41) is 36.6. The van der Waals surface area contributed by atoms with Gasteiger partial charge in [-0.2, -0.15) is 11.8 Å². The first kappa shape index (κ1) is 30.6. The summed E-state index contributed by atoms with van der Waals surface area (Å²) in [6.45, 7) is 1.20. The number of aliphatic hydroxyl groups excluding tert-OH is 1.